The number of carbonyl (C=O) groups excluding carboxylic acids is 1. The molecule has 0 radical (unpaired) electrons. The summed E-state index contributed by atoms with van der Waals surface area (Å²) in [6.45, 7) is 2.81. The van der Waals surface area contributed by atoms with Crippen LogP contribution < -0.4 is 15.8 Å². The minimum Gasteiger partial charge on any atom is -0.497 e. The first-order chi connectivity index (χ1) is 21.7. The highest BCUT2D eigenvalue weighted by Crippen LogP contribution is 2.38. The summed E-state index contributed by atoms with van der Waals surface area (Å²) in [7, 11) is 1.66. The second-order valence-corrected chi connectivity index (χ2v) is 11.9. The SMILES string of the molecule is COc1ccc2cc(-c3c(C)c(-c4cc(Cl)cc(Cl)c4)nn3CCC3(C(=O)NCCc4noc(=O)[nH]4)C=CC=CC3)ccc2c1. The zero-order chi connectivity index (χ0) is 31.6. The first kappa shape index (κ1) is 30.4. The summed E-state index contributed by atoms with van der Waals surface area (Å²) in [5.41, 5.74) is 3.71. The number of amides is 1. The van der Waals surface area contributed by atoms with Crippen molar-refractivity contribution in [3.8, 4) is 28.3 Å². The van der Waals surface area contributed by atoms with E-state index in [9.17, 15) is 9.59 Å². The number of fused-ring (bicyclic) bond motifs is 1. The number of hydrogen-bond acceptors (Lipinski definition) is 6. The Morgan fingerprint density at radius 1 is 1.07 bits per heavy atom. The van der Waals surface area contributed by atoms with E-state index < -0.39 is 11.2 Å². The number of halogens is 2. The van der Waals surface area contributed by atoms with E-state index in [-0.39, 0.29) is 5.91 Å². The third-order valence-electron chi connectivity index (χ3n) is 8.15. The molecule has 3 aromatic carbocycles. The van der Waals surface area contributed by atoms with Crippen molar-refractivity contribution in [2.24, 2.45) is 5.41 Å². The number of carbonyl (C=O) groups is 1. The molecule has 0 bridgehead atoms. The van der Waals surface area contributed by atoms with E-state index in [1.165, 1.54) is 0 Å². The predicted octanol–water partition coefficient (Wildman–Crippen LogP) is 6.92. The molecule has 0 fully saturated rings. The number of benzene rings is 3. The lowest BCUT2D eigenvalue weighted by molar-refractivity contribution is -0.129. The second-order valence-electron chi connectivity index (χ2n) is 11.1. The van der Waals surface area contributed by atoms with E-state index in [2.05, 4.69) is 38.2 Å². The van der Waals surface area contributed by atoms with Gasteiger partial charge in [0.1, 0.15) is 5.75 Å². The highest BCUT2D eigenvalue weighted by Gasteiger charge is 2.36. The lowest BCUT2D eigenvalue weighted by atomic mass is 9.77. The second kappa shape index (κ2) is 12.8. The van der Waals surface area contributed by atoms with Crippen molar-refractivity contribution in [2.75, 3.05) is 13.7 Å². The molecule has 0 spiro atoms. The van der Waals surface area contributed by atoms with Gasteiger partial charge in [0.15, 0.2) is 5.82 Å². The van der Waals surface area contributed by atoms with Gasteiger partial charge in [-0.15, -0.1) is 0 Å². The van der Waals surface area contributed by atoms with Gasteiger partial charge in [0.2, 0.25) is 5.91 Å². The third-order valence-corrected chi connectivity index (χ3v) is 8.58. The molecule has 1 unspecified atom stereocenters. The maximum atomic E-state index is 13.7. The highest BCUT2D eigenvalue weighted by atomic mass is 35.5. The molecule has 0 saturated carbocycles. The molecule has 6 rings (SSSR count). The van der Waals surface area contributed by atoms with Crippen LogP contribution in [-0.2, 0) is 17.8 Å². The number of H-pyrrole nitrogens is 1. The van der Waals surface area contributed by atoms with Crippen LogP contribution in [0.3, 0.4) is 0 Å². The Morgan fingerprint density at radius 2 is 1.84 bits per heavy atom. The van der Waals surface area contributed by atoms with E-state index in [0.29, 0.717) is 48.2 Å². The predicted molar refractivity (Wildman–Crippen MR) is 176 cm³/mol. The van der Waals surface area contributed by atoms with Gasteiger partial charge < -0.3 is 10.1 Å². The number of aromatic amines is 1. The number of aromatic nitrogens is 4. The molecule has 230 valence electrons. The van der Waals surface area contributed by atoms with Crippen molar-refractivity contribution in [1.29, 1.82) is 0 Å². The van der Waals surface area contributed by atoms with Crippen molar-refractivity contribution < 1.29 is 14.1 Å². The van der Waals surface area contributed by atoms with E-state index in [1.54, 1.807) is 13.2 Å². The van der Waals surface area contributed by atoms with Crippen LogP contribution in [-0.4, -0.2) is 39.5 Å². The Morgan fingerprint density at radius 3 is 2.56 bits per heavy atom. The molecule has 1 aliphatic carbocycles. The molecule has 2 heterocycles. The summed E-state index contributed by atoms with van der Waals surface area (Å²) in [5.74, 6) is 0.446. The van der Waals surface area contributed by atoms with Crippen LogP contribution in [0.15, 0.2) is 88.2 Å². The van der Waals surface area contributed by atoms with Crippen molar-refractivity contribution in [2.45, 2.75) is 32.7 Å². The van der Waals surface area contributed by atoms with Gasteiger partial charge in [0.05, 0.1) is 23.9 Å². The topological polar surface area (TPSA) is 115 Å². The monoisotopic (exact) mass is 643 g/mol. The molecule has 1 atom stereocenters. The van der Waals surface area contributed by atoms with Crippen LogP contribution in [0, 0.1) is 12.3 Å². The summed E-state index contributed by atoms with van der Waals surface area (Å²) in [6.07, 6.45) is 9.19. The first-order valence-electron chi connectivity index (χ1n) is 14.5. The van der Waals surface area contributed by atoms with Gasteiger partial charge in [-0.25, -0.2) is 4.79 Å². The standard InChI is InChI=1S/C34H31Cl2N5O4/c1-21-30(25-17-26(35)20-27(36)18-25)39-41(31(21)24-7-6-23-19-28(44-2)9-8-22(23)16-24)15-13-34(11-4-3-5-12-34)32(42)37-14-10-29-38-33(43)45-40-29/h3-9,11,16-20H,10,12-15H2,1-2H3,(H,37,42)(H,38,40,43). The van der Waals surface area contributed by atoms with Gasteiger partial charge in [-0.2, -0.15) is 5.10 Å². The minimum atomic E-state index is -0.789. The van der Waals surface area contributed by atoms with Crippen molar-refractivity contribution in [3.05, 3.63) is 111 Å². The maximum Gasteiger partial charge on any atom is 0.438 e. The molecule has 45 heavy (non-hydrogen) atoms. The largest absolute Gasteiger partial charge is 0.497 e. The van der Waals surface area contributed by atoms with Crippen molar-refractivity contribution in [1.82, 2.24) is 25.2 Å². The first-order valence-corrected chi connectivity index (χ1v) is 15.3. The average molecular weight is 645 g/mol. The molecule has 1 aliphatic rings. The molecule has 5 aromatic rings. The number of nitrogens with one attached hydrogen (secondary N) is 2. The van der Waals surface area contributed by atoms with E-state index in [4.69, 9.17) is 33.0 Å². The lowest BCUT2D eigenvalue weighted by Gasteiger charge is -2.30. The summed E-state index contributed by atoms with van der Waals surface area (Å²) in [4.78, 5) is 27.4. The Hall–Kier alpha value is -4.60. The molecule has 0 saturated heterocycles. The number of aryl methyl sites for hydroxylation is 1. The Kier molecular flexibility index (Phi) is 8.65. The number of hydrogen-bond donors (Lipinski definition) is 2. The van der Waals surface area contributed by atoms with Crippen LogP contribution in [0.4, 0.5) is 0 Å². The number of rotatable bonds is 10. The Bertz CT molecular complexity index is 1990. The maximum absolute atomic E-state index is 13.7. The summed E-state index contributed by atoms with van der Waals surface area (Å²) < 4.78 is 12.0. The fourth-order valence-corrected chi connectivity index (χ4v) is 6.34. The van der Waals surface area contributed by atoms with Crippen molar-refractivity contribution in [3.63, 3.8) is 0 Å². The molecule has 1 amide bonds. The Balaban J connectivity index is 1.34. The highest BCUT2D eigenvalue weighted by molar-refractivity contribution is 6.35. The molecule has 11 heteroatoms. The number of allylic oxidation sites excluding steroid dienone is 3. The zero-order valence-electron chi connectivity index (χ0n) is 24.8. The fourth-order valence-electron chi connectivity index (χ4n) is 5.82. The minimum absolute atomic E-state index is 0.110. The van der Waals surface area contributed by atoms with E-state index in [0.717, 1.165) is 44.6 Å². The van der Waals surface area contributed by atoms with E-state index in [1.807, 2.05) is 66.2 Å². The van der Waals surface area contributed by atoms with Crippen LogP contribution in [0.1, 0.15) is 24.2 Å². The lowest BCUT2D eigenvalue weighted by Crippen LogP contribution is -2.41. The van der Waals surface area contributed by atoms with Crippen LogP contribution in [0.25, 0.3) is 33.3 Å². The van der Waals surface area contributed by atoms with Gasteiger partial charge in [-0.3, -0.25) is 19.0 Å². The summed E-state index contributed by atoms with van der Waals surface area (Å²) >= 11 is 12.8. The van der Waals surface area contributed by atoms with Gasteiger partial charge in [0, 0.05) is 46.2 Å². The molecular formula is C34H31Cl2N5O4. The zero-order valence-corrected chi connectivity index (χ0v) is 26.3. The van der Waals surface area contributed by atoms with Gasteiger partial charge in [0.25, 0.3) is 0 Å². The number of methoxy groups -OCH3 is 1. The molecule has 2 N–H and O–H groups in total. The molecular weight excluding hydrogens is 613 g/mol. The quantitative estimate of drug-likeness (QED) is 0.171. The van der Waals surface area contributed by atoms with Crippen LogP contribution in [0.2, 0.25) is 10.0 Å². The fraction of sp³-hybridized carbons (Fsp3) is 0.235. The Labute approximate surface area is 269 Å². The normalized spacial score (nSPS) is 15.9. The summed E-state index contributed by atoms with van der Waals surface area (Å²) in [5, 5.41) is 15.0. The molecule has 0 aliphatic heterocycles. The van der Waals surface area contributed by atoms with E-state index >= 15 is 0 Å². The smallest absolute Gasteiger partial charge is 0.438 e. The van der Waals surface area contributed by atoms with Crippen LogP contribution >= 0.6 is 23.2 Å². The molecule has 2 aromatic heterocycles. The number of ether oxygens (including phenoxy) is 1. The summed E-state index contributed by atoms with van der Waals surface area (Å²) in [6, 6.07) is 17.7. The average Bonchev–Trinajstić information content (AvgIpc) is 3.61. The van der Waals surface area contributed by atoms with Gasteiger partial charge in [-0.05, 0) is 66.9 Å². The van der Waals surface area contributed by atoms with Gasteiger partial charge >= 0.3 is 5.76 Å². The number of nitrogens with zero attached hydrogens (tertiary/aromatic N) is 3. The van der Waals surface area contributed by atoms with Crippen molar-refractivity contribution >= 4 is 39.9 Å². The molecule has 9 nitrogen and oxygen atoms in total. The van der Waals surface area contributed by atoms with Gasteiger partial charge in [-0.1, -0.05) is 70.9 Å². The van der Waals surface area contributed by atoms with Crippen LogP contribution in [0.5, 0.6) is 5.75 Å². The third kappa shape index (κ3) is 6.45.